The summed E-state index contributed by atoms with van der Waals surface area (Å²) in [5.74, 6) is 0. The monoisotopic (exact) mass is 322 g/mol. The molecule has 0 radical (unpaired) electrons. The SMILES string of the molecule is CN(C)c1ccc(C=C2[C-]=NC(=Nc3ccccc3)S2=O)cc1. The third-order valence-corrected chi connectivity index (χ3v) is 4.44. The van der Waals surface area contributed by atoms with Crippen LogP contribution in [0.1, 0.15) is 5.56 Å². The Morgan fingerprint density at radius 1 is 1.09 bits per heavy atom. The second-order valence-electron chi connectivity index (χ2n) is 5.22. The lowest BCUT2D eigenvalue weighted by Gasteiger charge is -2.12. The summed E-state index contributed by atoms with van der Waals surface area (Å²) in [5, 5.41) is 0.285. The topological polar surface area (TPSA) is 45.0 Å². The Morgan fingerprint density at radius 2 is 1.78 bits per heavy atom. The first-order valence-corrected chi connectivity index (χ1v) is 8.30. The van der Waals surface area contributed by atoms with E-state index in [4.69, 9.17) is 0 Å². The summed E-state index contributed by atoms with van der Waals surface area (Å²) in [6.07, 6.45) is 4.63. The summed E-state index contributed by atoms with van der Waals surface area (Å²) < 4.78 is 12.4. The highest BCUT2D eigenvalue weighted by molar-refractivity contribution is 8.05. The molecule has 3 rings (SSSR count). The van der Waals surface area contributed by atoms with E-state index in [1.165, 1.54) is 0 Å². The van der Waals surface area contributed by atoms with Gasteiger partial charge in [0.2, 0.25) is 0 Å². The van der Waals surface area contributed by atoms with Crippen molar-refractivity contribution in [1.29, 1.82) is 0 Å². The lowest BCUT2D eigenvalue weighted by atomic mass is 10.2. The second kappa shape index (κ2) is 6.71. The van der Waals surface area contributed by atoms with Gasteiger partial charge in [-0.05, 0) is 24.3 Å². The maximum absolute atomic E-state index is 12.4. The molecule has 0 aliphatic carbocycles. The Kier molecular flexibility index (Phi) is 4.48. The number of hydrogen-bond donors (Lipinski definition) is 0. The summed E-state index contributed by atoms with van der Waals surface area (Å²) in [6, 6.07) is 17.4. The zero-order valence-corrected chi connectivity index (χ0v) is 13.7. The van der Waals surface area contributed by atoms with E-state index < -0.39 is 10.8 Å². The van der Waals surface area contributed by atoms with Crippen molar-refractivity contribution in [1.82, 2.24) is 0 Å². The number of nitrogens with zero attached hydrogens (tertiary/aromatic N) is 3. The highest BCUT2D eigenvalue weighted by Gasteiger charge is 2.10. The molecule has 116 valence electrons. The van der Waals surface area contributed by atoms with Crippen LogP contribution >= 0.6 is 0 Å². The van der Waals surface area contributed by atoms with E-state index in [9.17, 15) is 4.21 Å². The summed E-state index contributed by atoms with van der Waals surface area (Å²) >= 11 is 0. The van der Waals surface area contributed by atoms with Crippen LogP contribution in [-0.4, -0.2) is 29.7 Å². The van der Waals surface area contributed by atoms with Crippen LogP contribution in [0, 0.1) is 0 Å². The fourth-order valence-corrected chi connectivity index (χ4v) is 2.95. The molecule has 2 aromatic carbocycles. The van der Waals surface area contributed by atoms with Crippen molar-refractivity contribution >= 4 is 39.6 Å². The minimum absolute atomic E-state index is 0.285. The van der Waals surface area contributed by atoms with Crippen LogP contribution in [0.15, 0.2) is 69.5 Å². The van der Waals surface area contributed by atoms with Crippen molar-refractivity contribution in [2.24, 2.45) is 9.98 Å². The molecule has 23 heavy (non-hydrogen) atoms. The van der Waals surface area contributed by atoms with Gasteiger partial charge in [0.15, 0.2) is 0 Å². The molecule has 0 amide bonds. The number of rotatable bonds is 3. The lowest BCUT2D eigenvalue weighted by molar-refractivity contribution is 0.694. The fraction of sp³-hybridized carbons (Fsp3) is 0.111. The molecule has 4 nitrogen and oxygen atoms in total. The summed E-state index contributed by atoms with van der Waals surface area (Å²) in [7, 11) is 2.59. The molecule has 0 spiro atoms. The molecule has 1 unspecified atom stereocenters. The standard InChI is InChI=1S/C18H16N3OS/c1-21(2)16-10-8-14(9-11-16)12-17-13-19-18(23(17)22)20-15-6-4-3-5-7-15/h3-12H,1-2H3/q-1. The third kappa shape index (κ3) is 3.63. The van der Waals surface area contributed by atoms with E-state index in [1.54, 1.807) is 0 Å². The Balaban J connectivity index is 1.82. The molecule has 1 aliphatic rings. The zero-order valence-electron chi connectivity index (χ0n) is 12.9. The first kappa shape index (κ1) is 15.4. The molecule has 0 N–H and O–H groups in total. The minimum atomic E-state index is -1.39. The van der Waals surface area contributed by atoms with Gasteiger partial charge in [-0.1, -0.05) is 47.0 Å². The Morgan fingerprint density at radius 3 is 2.43 bits per heavy atom. The van der Waals surface area contributed by atoms with Crippen molar-refractivity contribution < 1.29 is 4.21 Å². The normalized spacial score (nSPS) is 20.3. The highest BCUT2D eigenvalue weighted by atomic mass is 32.2. The van der Waals surface area contributed by atoms with E-state index >= 15 is 0 Å². The molecule has 5 heteroatoms. The van der Waals surface area contributed by atoms with Gasteiger partial charge in [-0.15, -0.1) is 6.08 Å². The van der Waals surface area contributed by atoms with Crippen LogP contribution in [0.3, 0.4) is 0 Å². The number of para-hydroxylation sites is 1. The molecule has 0 saturated carbocycles. The molecule has 1 aliphatic heterocycles. The van der Waals surface area contributed by atoms with Crippen molar-refractivity contribution in [3.05, 3.63) is 65.1 Å². The molecule has 0 bridgehead atoms. The zero-order chi connectivity index (χ0) is 16.2. The maximum atomic E-state index is 12.4. The van der Waals surface area contributed by atoms with Gasteiger partial charge >= 0.3 is 0 Å². The van der Waals surface area contributed by atoms with Gasteiger partial charge in [0, 0.05) is 30.6 Å². The first-order chi connectivity index (χ1) is 11.1. The van der Waals surface area contributed by atoms with Crippen LogP contribution in [0.4, 0.5) is 11.4 Å². The average molecular weight is 322 g/mol. The second-order valence-corrected chi connectivity index (χ2v) is 6.56. The molecular formula is C18H16N3OS-. The third-order valence-electron chi connectivity index (χ3n) is 3.32. The molecule has 1 atom stereocenters. The number of aliphatic imine (C=N–C) groups is 2. The molecule has 0 fully saturated rings. The average Bonchev–Trinajstić information content (AvgIpc) is 2.90. The van der Waals surface area contributed by atoms with E-state index in [0.29, 0.717) is 4.91 Å². The lowest BCUT2D eigenvalue weighted by Crippen LogP contribution is -2.07. The van der Waals surface area contributed by atoms with Crippen LogP contribution in [0.25, 0.3) is 6.08 Å². The first-order valence-electron chi connectivity index (χ1n) is 7.15. The molecule has 1 heterocycles. The van der Waals surface area contributed by atoms with E-state index in [1.807, 2.05) is 79.7 Å². The summed E-state index contributed by atoms with van der Waals surface area (Å²) in [5.41, 5.74) is 2.81. The Bertz CT molecular complexity index is 806. The van der Waals surface area contributed by atoms with E-state index in [-0.39, 0.29) is 5.17 Å². The van der Waals surface area contributed by atoms with Crippen molar-refractivity contribution in [2.45, 2.75) is 0 Å². The number of benzene rings is 2. The number of hydrogen-bond acceptors (Lipinski definition) is 3. The summed E-state index contributed by atoms with van der Waals surface area (Å²) in [6.45, 7) is 0. The van der Waals surface area contributed by atoms with Gasteiger partial charge in [0.1, 0.15) is 5.17 Å². The van der Waals surface area contributed by atoms with Gasteiger partial charge in [0.05, 0.1) is 5.69 Å². The van der Waals surface area contributed by atoms with Gasteiger partial charge in [-0.3, -0.25) is 9.20 Å². The van der Waals surface area contributed by atoms with Crippen molar-refractivity contribution in [3.63, 3.8) is 0 Å². The number of anilines is 1. The van der Waals surface area contributed by atoms with Crippen LogP contribution in [0.5, 0.6) is 0 Å². The fourth-order valence-electron chi connectivity index (χ4n) is 2.07. The maximum Gasteiger partial charge on any atom is 0.120 e. The smallest absolute Gasteiger partial charge is 0.120 e. The van der Waals surface area contributed by atoms with E-state index in [2.05, 4.69) is 16.2 Å². The van der Waals surface area contributed by atoms with Crippen LogP contribution < -0.4 is 4.90 Å². The Labute approximate surface area is 138 Å². The quantitative estimate of drug-likeness (QED) is 0.812. The van der Waals surface area contributed by atoms with Gasteiger partial charge in [-0.2, -0.15) is 0 Å². The summed E-state index contributed by atoms with van der Waals surface area (Å²) in [4.78, 5) is 10.9. The largest absolute Gasteiger partial charge is 0.378 e. The minimum Gasteiger partial charge on any atom is -0.378 e. The van der Waals surface area contributed by atoms with Crippen LogP contribution in [-0.2, 0) is 10.8 Å². The number of amidine groups is 1. The van der Waals surface area contributed by atoms with Gasteiger partial charge < -0.3 is 9.89 Å². The highest BCUT2D eigenvalue weighted by Crippen LogP contribution is 2.20. The van der Waals surface area contributed by atoms with Crippen molar-refractivity contribution in [2.75, 3.05) is 19.0 Å². The molecule has 0 aromatic heterocycles. The van der Waals surface area contributed by atoms with Gasteiger partial charge in [-0.25, -0.2) is 0 Å². The van der Waals surface area contributed by atoms with E-state index in [0.717, 1.165) is 16.9 Å². The predicted molar refractivity (Wildman–Crippen MR) is 97.9 cm³/mol. The number of allylic oxidation sites excluding steroid dienone is 1. The van der Waals surface area contributed by atoms with Gasteiger partial charge in [0.25, 0.3) is 0 Å². The Hall–Kier alpha value is -2.53. The molecule has 2 aromatic rings. The van der Waals surface area contributed by atoms with Crippen LogP contribution in [0.2, 0.25) is 0 Å². The molecule has 0 saturated heterocycles. The molecular weight excluding hydrogens is 306 g/mol. The predicted octanol–water partition coefficient (Wildman–Crippen LogP) is 3.49. The van der Waals surface area contributed by atoms with Crippen molar-refractivity contribution in [3.8, 4) is 0 Å².